The second-order valence-electron chi connectivity index (χ2n) is 5.01. The lowest BCUT2D eigenvalue weighted by atomic mass is 10.0. The summed E-state index contributed by atoms with van der Waals surface area (Å²) in [6.07, 6.45) is 3.32. The first-order valence-electron chi connectivity index (χ1n) is 6.77. The Hall–Kier alpha value is -2.09. The molecule has 0 saturated carbocycles. The van der Waals surface area contributed by atoms with E-state index in [1.807, 2.05) is 12.1 Å². The number of hydrogen-bond acceptors (Lipinski definition) is 1. The number of nitrogens with one attached hydrogen (secondary N) is 1. The first kappa shape index (κ1) is 12.0. The minimum absolute atomic E-state index is 0.0610. The Morgan fingerprint density at radius 2 is 1.74 bits per heavy atom. The molecule has 0 unspecified atom stereocenters. The van der Waals surface area contributed by atoms with Crippen LogP contribution in [0, 0.1) is 0 Å². The second-order valence-corrected chi connectivity index (χ2v) is 5.01. The number of carbonyl (C=O) groups excluding carboxylic acids is 1. The van der Waals surface area contributed by atoms with Crippen LogP contribution in [0.25, 0.3) is 0 Å². The third kappa shape index (κ3) is 2.68. The van der Waals surface area contributed by atoms with Crippen LogP contribution in [0.2, 0.25) is 0 Å². The average molecular weight is 251 g/mol. The minimum atomic E-state index is 0.0610. The van der Waals surface area contributed by atoms with Crippen LogP contribution in [0.3, 0.4) is 0 Å². The molecule has 0 saturated heterocycles. The molecule has 0 aromatic heterocycles. The summed E-state index contributed by atoms with van der Waals surface area (Å²) < 4.78 is 0. The Balaban J connectivity index is 1.61. The normalized spacial score (nSPS) is 13.2. The molecule has 2 aromatic rings. The molecule has 0 bridgehead atoms. The van der Waals surface area contributed by atoms with Gasteiger partial charge in [-0.1, -0.05) is 42.5 Å². The number of carbonyl (C=O) groups is 1. The van der Waals surface area contributed by atoms with Gasteiger partial charge in [0, 0.05) is 12.1 Å². The van der Waals surface area contributed by atoms with Crippen molar-refractivity contribution in [2.75, 3.05) is 0 Å². The second kappa shape index (κ2) is 5.27. The van der Waals surface area contributed by atoms with E-state index in [0.29, 0.717) is 6.54 Å². The van der Waals surface area contributed by atoms with Gasteiger partial charge < -0.3 is 5.32 Å². The molecule has 0 fully saturated rings. The van der Waals surface area contributed by atoms with E-state index in [2.05, 4.69) is 41.7 Å². The predicted octanol–water partition coefficient (Wildman–Crippen LogP) is 3.11. The van der Waals surface area contributed by atoms with Gasteiger partial charge in [-0.3, -0.25) is 4.79 Å². The van der Waals surface area contributed by atoms with Gasteiger partial charge in [-0.2, -0.15) is 0 Å². The van der Waals surface area contributed by atoms with Crippen molar-refractivity contribution in [3.05, 3.63) is 70.8 Å². The fourth-order valence-corrected chi connectivity index (χ4v) is 2.58. The van der Waals surface area contributed by atoms with Gasteiger partial charge in [-0.25, -0.2) is 0 Å². The molecule has 2 heteroatoms. The summed E-state index contributed by atoms with van der Waals surface area (Å²) in [6, 6.07) is 16.8. The molecule has 0 atom stereocenters. The average Bonchev–Trinajstić information content (AvgIpc) is 2.81. The van der Waals surface area contributed by atoms with Crippen LogP contribution < -0.4 is 5.32 Å². The molecule has 2 nitrogen and oxygen atoms in total. The topological polar surface area (TPSA) is 29.1 Å². The molecular weight excluding hydrogens is 234 g/mol. The largest absolute Gasteiger partial charge is 0.348 e. The molecule has 0 aliphatic carbocycles. The first-order valence-corrected chi connectivity index (χ1v) is 6.77. The molecule has 96 valence electrons. The molecule has 1 heterocycles. The highest BCUT2D eigenvalue weighted by Gasteiger charge is 2.18. The van der Waals surface area contributed by atoms with Crippen molar-refractivity contribution in [1.29, 1.82) is 0 Å². The Labute approximate surface area is 113 Å². The Morgan fingerprint density at radius 3 is 2.58 bits per heavy atom. The predicted molar refractivity (Wildman–Crippen MR) is 76.1 cm³/mol. The molecule has 1 aliphatic rings. The van der Waals surface area contributed by atoms with Gasteiger partial charge in [0.05, 0.1) is 0 Å². The maximum absolute atomic E-state index is 11.5. The molecule has 0 radical (unpaired) electrons. The van der Waals surface area contributed by atoms with Gasteiger partial charge in [0.25, 0.3) is 5.91 Å². The van der Waals surface area contributed by atoms with Gasteiger partial charge in [-0.15, -0.1) is 0 Å². The zero-order valence-electron chi connectivity index (χ0n) is 10.9. The van der Waals surface area contributed by atoms with E-state index in [1.54, 1.807) is 0 Å². The molecular formula is C17H17NO. The van der Waals surface area contributed by atoms with Crippen LogP contribution in [0.4, 0.5) is 0 Å². The summed E-state index contributed by atoms with van der Waals surface area (Å²) >= 11 is 0. The van der Waals surface area contributed by atoms with Crippen molar-refractivity contribution in [3.8, 4) is 0 Å². The summed E-state index contributed by atoms with van der Waals surface area (Å²) in [5, 5.41) is 2.86. The summed E-state index contributed by atoms with van der Waals surface area (Å²) in [7, 11) is 0. The highest BCUT2D eigenvalue weighted by atomic mass is 16.1. The lowest BCUT2D eigenvalue weighted by Crippen LogP contribution is -2.12. The van der Waals surface area contributed by atoms with Gasteiger partial charge in [0.2, 0.25) is 0 Å². The molecule has 1 N–H and O–H groups in total. The van der Waals surface area contributed by atoms with Gasteiger partial charge in [-0.05, 0) is 42.0 Å². The molecule has 0 spiro atoms. The van der Waals surface area contributed by atoms with Crippen molar-refractivity contribution >= 4 is 5.91 Å². The highest BCUT2D eigenvalue weighted by Crippen LogP contribution is 2.18. The van der Waals surface area contributed by atoms with Crippen LogP contribution >= 0.6 is 0 Å². The Morgan fingerprint density at radius 1 is 0.947 bits per heavy atom. The quantitative estimate of drug-likeness (QED) is 0.888. The van der Waals surface area contributed by atoms with Crippen molar-refractivity contribution in [3.63, 3.8) is 0 Å². The summed E-state index contributed by atoms with van der Waals surface area (Å²) in [5.41, 5.74) is 4.70. The van der Waals surface area contributed by atoms with Crippen LogP contribution in [-0.2, 0) is 19.4 Å². The van der Waals surface area contributed by atoms with Crippen molar-refractivity contribution in [2.24, 2.45) is 0 Å². The third-order valence-corrected chi connectivity index (χ3v) is 3.63. The maximum Gasteiger partial charge on any atom is 0.251 e. The van der Waals surface area contributed by atoms with Gasteiger partial charge in [0.1, 0.15) is 0 Å². The van der Waals surface area contributed by atoms with E-state index in [4.69, 9.17) is 0 Å². The van der Waals surface area contributed by atoms with Gasteiger partial charge >= 0.3 is 0 Å². The zero-order chi connectivity index (χ0) is 13.1. The smallest absolute Gasteiger partial charge is 0.251 e. The molecule has 1 aliphatic heterocycles. The van der Waals surface area contributed by atoms with Crippen molar-refractivity contribution < 1.29 is 4.79 Å². The van der Waals surface area contributed by atoms with E-state index in [-0.39, 0.29) is 5.91 Å². The van der Waals surface area contributed by atoms with Crippen LogP contribution in [0.1, 0.15) is 33.5 Å². The third-order valence-electron chi connectivity index (χ3n) is 3.63. The standard InChI is InChI=1S/C17H17NO/c19-17-16-10-9-14(11-15(16)12-18-17)8-4-7-13-5-2-1-3-6-13/h1-3,5-6,9-11H,4,7-8,12H2,(H,18,19). The number of rotatable bonds is 4. The number of fused-ring (bicyclic) bond motifs is 1. The Kier molecular flexibility index (Phi) is 3.32. The summed E-state index contributed by atoms with van der Waals surface area (Å²) in [5.74, 6) is 0.0610. The SMILES string of the molecule is O=C1NCc2cc(CCCc3ccccc3)ccc21. The number of hydrogen-bond donors (Lipinski definition) is 1. The Bertz CT molecular complexity index is 589. The lowest BCUT2D eigenvalue weighted by Gasteiger charge is -2.04. The fraction of sp³-hybridized carbons (Fsp3) is 0.235. The summed E-state index contributed by atoms with van der Waals surface area (Å²) in [6.45, 7) is 0.681. The minimum Gasteiger partial charge on any atom is -0.348 e. The van der Waals surface area contributed by atoms with Crippen molar-refractivity contribution in [1.82, 2.24) is 5.32 Å². The molecule has 2 aromatic carbocycles. The van der Waals surface area contributed by atoms with Crippen LogP contribution in [0.5, 0.6) is 0 Å². The molecule has 3 rings (SSSR count). The molecule has 1 amide bonds. The fourth-order valence-electron chi connectivity index (χ4n) is 2.58. The van der Waals surface area contributed by atoms with E-state index in [0.717, 1.165) is 30.4 Å². The number of aryl methyl sites for hydroxylation is 2. The summed E-state index contributed by atoms with van der Waals surface area (Å²) in [4.78, 5) is 11.5. The zero-order valence-corrected chi connectivity index (χ0v) is 10.9. The van der Waals surface area contributed by atoms with Gasteiger partial charge in [0.15, 0.2) is 0 Å². The molecule has 19 heavy (non-hydrogen) atoms. The first-order chi connectivity index (χ1) is 9.33. The van der Waals surface area contributed by atoms with Crippen LogP contribution in [0.15, 0.2) is 48.5 Å². The number of benzene rings is 2. The van der Waals surface area contributed by atoms with Crippen LogP contribution in [-0.4, -0.2) is 5.91 Å². The van der Waals surface area contributed by atoms with Crippen molar-refractivity contribution in [2.45, 2.75) is 25.8 Å². The highest BCUT2D eigenvalue weighted by molar-refractivity contribution is 5.98. The monoisotopic (exact) mass is 251 g/mol. The maximum atomic E-state index is 11.5. The number of amides is 1. The lowest BCUT2D eigenvalue weighted by molar-refractivity contribution is 0.0966. The van der Waals surface area contributed by atoms with E-state index in [9.17, 15) is 4.79 Å². The van der Waals surface area contributed by atoms with E-state index in [1.165, 1.54) is 11.1 Å². The van der Waals surface area contributed by atoms with E-state index < -0.39 is 0 Å². The van der Waals surface area contributed by atoms with E-state index >= 15 is 0 Å².